The van der Waals surface area contributed by atoms with Crippen molar-refractivity contribution >= 4 is 17.3 Å². The lowest BCUT2D eigenvalue weighted by Crippen LogP contribution is -2.09. The van der Waals surface area contributed by atoms with Crippen molar-refractivity contribution in [1.82, 2.24) is 0 Å². The summed E-state index contributed by atoms with van der Waals surface area (Å²) in [4.78, 5) is 12.6. The van der Waals surface area contributed by atoms with Gasteiger partial charge in [-0.1, -0.05) is 26.3 Å². The normalized spacial score (nSPS) is 12.4. The highest BCUT2D eigenvalue weighted by molar-refractivity contribution is 7.10. The van der Waals surface area contributed by atoms with Gasteiger partial charge in [0.05, 0.1) is 0 Å². The number of esters is 1. The lowest BCUT2D eigenvalue weighted by molar-refractivity contribution is -0.149. The minimum absolute atomic E-state index is 0.0333. The van der Waals surface area contributed by atoms with Gasteiger partial charge in [-0.15, -0.1) is 11.3 Å². The Hall–Kier alpha value is -0.830. The molecule has 0 amide bonds. The summed E-state index contributed by atoms with van der Waals surface area (Å²) in [5.41, 5.74) is 0. The van der Waals surface area contributed by atoms with Crippen molar-refractivity contribution < 1.29 is 9.53 Å². The van der Waals surface area contributed by atoms with Gasteiger partial charge in [0.1, 0.15) is 6.10 Å². The molecule has 2 nitrogen and oxygen atoms in total. The zero-order valence-corrected chi connectivity index (χ0v) is 10.2. The maximum atomic E-state index is 11.4. The summed E-state index contributed by atoms with van der Waals surface area (Å²) in [5, 5.41) is 2.02. The third-order valence-corrected chi connectivity index (χ3v) is 3.10. The first-order valence-corrected chi connectivity index (χ1v) is 6.38. The number of thiophene rings is 1. The van der Waals surface area contributed by atoms with Crippen LogP contribution in [0, 0.1) is 0 Å². The quantitative estimate of drug-likeness (QED) is 0.687. The summed E-state index contributed by atoms with van der Waals surface area (Å²) >= 11 is 1.65. The number of hydrogen-bond acceptors (Lipinski definition) is 3. The average molecular weight is 226 g/mol. The summed E-state index contributed by atoms with van der Waals surface area (Å²) in [5.74, 6) is -0.0793. The van der Waals surface area contributed by atoms with E-state index in [4.69, 9.17) is 4.74 Å². The Kier molecular flexibility index (Phi) is 5.40. The van der Waals surface area contributed by atoms with E-state index in [0.29, 0.717) is 6.42 Å². The zero-order chi connectivity index (χ0) is 11.1. The Morgan fingerprint density at radius 3 is 2.80 bits per heavy atom. The van der Waals surface area contributed by atoms with Crippen molar-refractivity contribution in [1.29, 1.82) is 0 Å². The number of ether oxygens (including phenoxy) is 1. The van der Waals surface area contributed by atoms with Crippen LogP contribution in [0.1, 0.15) is 50.5 Å². The van der Waals surface area contributed by atoms with Crippen LogP contribution in [0.15, 0.2) is 17.5 Å². The molecule has 0 fully saturated rings. The highest BCUT2D eigenvalue weighted by atomic mass is 32.1. The van der Waals surface area contributed by atoms with Gasteiger partial charge in [0.15, 0.2) is 0 Å². The number of carbonyl (C=O) groups excluding carboxylic acids is 1. The third-order valence-electron chi connectivity index (χ3n) is 2.14. The summed E-state index contributed by atoms with van der Waals surface area (Å²) in [7, 11) is 0. The van der Waals surface area contributed by atoms with Gasteiger partial charge in [0.25, 0.3) is 0 Å². The number of carbonyl (C=O) groups is 1. The van der Waals surface area contributed by atoms with Crippen LogP contribution in [0.2, 0.25) is 0 Å². The highest BCUT2D eigenvalue weighted by Gasteiger charge is 2.15. The minimum atomic E-state index is -0.0793. The van der Waals surface area contributed by atoms with E-state index in [1.54, 1.807) is 11.3 Å². The molecule has 1 rings (SSSR count). The van der Waals surface area contributed by atoms with E-state index in [9.17, 15) is 4.79 Å². The highest BCUT2D eigenvalue weighted by Crippen LogP contribution is 2.27. The van der Waals surface area contributed by atoms with E-state index in [1.165, 1.54) is 0 Å². The maximum absolute atomic E-state index is 11.4. The first kappa shape index (κ1) is 12.2. The van der Waals surface area contributed by atoms with Gasteiger partial charge < -0.3 is 4.74 Å². The molecule has 84 valence electrons. The van der Waals surface area contributed by atoms with Gasteiger partial charge in [-0.25, -0.2) is 0 Å². The van der Waals surface area contributed by atoms with Crippen LogP contribution in [0.5, 0.6) is 0 Å². The van der Waals surface area contributed by atoms with Crippen LogP contribution in [0.4, 0.5) is 0 Å². The van der Waals surface area contributed by atoms with Crippen molar-refractivity contribution in [3.05, 3.63) is 22.4 Å². The standard InChI is InChI=1S/C12H18O2S/c1-3-6-10(11-8-5-9-15-11)14-12(13)7-4-2/h5,8-10H,3-4,6-7H2,1-2H3/t10-/m0/s1. The molecule has 1 atom stereocenters. The monoisotopic (exact) mass is 226 g/mol. The maximum Gasteiger partial charge on any atom is 0.306 e. The van der Waals surface area contributed by atoms with E-state index in [-0.39, 0.29) is 12.1 Å². The molecule has 1 heterocycles. The molecule has 0 radical (unpaired) electrons. The van der Waals surface area contributed by atoms with E-state index in [1.807, 2.05) is 24.4 Å². The first-order valence-electron chi connectivity index (χ1n) is 5.50. The molecular formula is C12H18O2S. The molecule has 15 heavy (non-hydrogen) atoms. The van der Waals surface area contributed by atoms with Crippen LogP contribution in [0.25, 0.3) is 0 Å². The van der Waals surface area contributed by atoms with Gasteiger partial charge in [-0.3, -0.25) is 4.79 Å². The van der Waals surface area contributed by atoms with Crippen LogP contribution in [-0.4, -0.2) is 5.97 Å². The molecule has 0 saturated carbocycles. The minimum Gasteiger partial charge on any atom is -0.457 e. The molecule has 0 bridgehead atoms. The van der Waals surface area contributed by atoms with Gasteiger partial charge >= 0.3 is 5.97 Å². The van der Waals surface area contributed by atoms with Crippen LogP contribution in [0.3, 0.4) is 0 Å². The fraction of sp³-hybridized carbons (Fsp3) is 0.583. The fourth-order valence-electron chi connectivity index (χ4n) is 1.42. The predicted octanol–water partition coefficient (Wildman–Crippen LogP) is 3.93. The van der Waals surface area contributed by atoms with Crippen molar-refractivity contribution in [3.8, 4) is 0 Å². The molecule has 0 aliphatic heterocycles. The van der Waals surface area contributed by atoms with E-state index in [2.05, 4.69) is 6.92 Å². The Bertz CT molecular complexity index is 280. The number of hydrogen-bond donors (Lipinski definition) is 0. The lowest BCUT2D eigenvalue weighted by atomic mass is 10.2. The van der Waals surface area contributed by atoms with Crippen molar-refractivity contribution in [3.63, 3.8) is 0 Å². The first-order chi connectivity index (χ1) is 7.27. The Morgan fingerprint density at radius 1 is 1.47 bits per heavy atom. The number of rotatable bonds is 6. The summed E-state index contributed by atoms with van der Waals surface area (Å²) in [6, 6.07) is 4.03. The molecule has 3 heteroatoms. The average Bonchev–Trinajstić information content (AvgIpc) is 2.70. The molecule has 0 saturated heterocycles. The molecule has 0 unspecified atom stereocenters. The summed E-state index contributed by atoms with van der Waals surface area (Å²) in [6.07, 6.45) is 3.28. The molecule has 0 aliphatic rings. The molecule has 0 aromatic carbocycles. The summed E-state index contributed by atoms with van der Waals surface area (Å²) < 4.78 is 5.45. The third kappa shape index (κ3) is 4.04. The van der Waals surface area contributed by atoms with Crippen LogP contribution >= 0.6 is 11.3 Å². The fourth-order valence-corrected chi connectivity index (χ4v) is 2.21. The van der Waals surface area contributed by atoms with Gasteiger partial charge in [-0.05, 0) is 24.3 Å². The van der Waals surface area contributed by atoms with Gasteiger partial charge in [0, 0.05) is 11.3 Å². The molecule has 0 spiro atoms. The van der Waals surface area contributed by atoms with Gasteiger partial charge in [0.2, 0.25) is 0 Å². The van der Waals surface area contributed by atoms with E-state index >= 15 is 0 Å². The molecule has 0 N–H and O–H groups in total. The van der Waals surface area contributed by atoms with Crippen molar-refractivity contribution in [2.45, 2.75) is 45.6 Å². The van der Waals surface area contributed by atoms with E-state index in [0.717, 1.165) is 24.1 Å². The Labute approximate surface area is 95.3 Å². The topological polar surface area (TPSA) is 26.3 Å². The van der Waals surface area contributed by atoms with Crippen LogP contribution < -0.4 is 0 Å². The Morgan fingerprint density at radius 2 is 2.27 bits per heavy atom. The predicted molar refractivity (Wildman–Crippen MR) is 63.0 cm³/mol. The second-order valence-corrected chi connectivity index (χ2v) is 4.51. The van der Waals surface area contributed by atoms with Crippen molar-refractivity contribution in [2.75, 3.05) is 0 Å². The molecule has 1 aromatic rings. The van der Waals surface area contributed by atoms with Gasteiger partial charge in [-0.2, -0.15) is 0 Å². The molecule has 0 aliphatic carbocycles. The second-order valence-electron chi connectivity index (χ2n) is 3.53. The van der Waals surface area contributed by atoms with Crippen molar-refractivity contribution in [2.24, 2.45) is 0 Å². The van der Waals surface area contributed by atoms with E-state index < -0.39 is 0 Å². The SMILES string of the molecule is CCCC(=O)O[C@@H](CCC)c1cccs1. The van der Waals surface area contributed by atoms with Crippen LogP contribution in [-0.2, 0) is 9.53 Å². The Balaban J connectivity index is 2.55. The molecular weight excluding hydrogens is 208 g/mol. The largest absolute Gasteiger partial charge is 0.457 e. The molecule has 1 aromatic heterocycles. The summed E-state index contributed by atoms with van der Waals surface area (Å²) in [6.45, 7) is 4.09. The smallest absolute Gasteiger partial charge is 0.306 e. The zero-order valence-electron chi connectivity index (χ0n) is 9.36. The lowest BCUT2D eigenvalue weighted by Gasteiger charge is -2.15. The second kappa shape index (κ2) is 6.62.